The van der Waals surface area contributed by atoms with Crippen molar-refractivity contribution in [1.82, 2.24) is 30.7 Å². The van der Waals surface area contributed by atoms with Gasteiger partial charge in [0.05, 0.1) is 0 Å². The minimum Gasteiger partial charge on any atom is -0.451 e. The lowest BCUT2D eigenvalue weighted by Gasteiger charge is -2.36. The molecule has 1 aliphatic heterocycles. The zero-order chi connectivity index (χ0) is 44.0. The van der Waals surface area contributed by atoms with E-state index >= 15 is 0 Å². The van der Waals surface area contributed by atoms with Crippen LogP contribution in [0.25, 0.3) is 0 Å². The van der Waals surface area contributed by atoms with E-state index in [4.69, 9.17) is 4.74 Å². The van der Waals surface area contributed by atoms with Crippen molar-refractivity contribution in [3.05, 3.63) is 35.9 Å². The standard InChI is InChI=1S/C44H72N6O8/c1-14-15-19-29(8)24-34-41(54)48(11)30(9)44(57)58-31(10)38(51)47-37(28(6)7)43(56)50(13)35(23-27(4)5)39(52)45-33(22-26(2)3)42(55)49(12)36(40(53)46-34)25-32-20-17-16-18-21-32/h16-18,20-21,26-31,33-37H,14-15,19,22-25H2,1-13H3,(H,45,52)(H,46,53)(H,47,51)/t29-,30+,31-,33+,34?,35?,36+,37+/m1/s1. The summed E-state index contributed by atoms with van der Waals surface area (Å²) in [6, 6.07) is 2.77. The first-order chi connectivity index (χ1) is 27.1. The van der Waals surface area contributed by atoms with Crippen molar-refractivity contribution in [3.63, 3.8) is 0 Å². The number of cyclic esters (lactones) is 1. The smallest absolute Gasteiger partial charge is 0.329 e. The average molecular weight is 813 g/mol. The molecule has 0 aliphatic carbocycles. The van der Waals surface area contributed by atoms with Gasteiger partial charge in [0.1, 0.15) is 36.3 Å². The lowest BCUT2D eigenvalue weighted by atomic mass is 9.94. The summed E-state index contributed by atoms with van der Waals surface area (Å²) in [5.41, 5.74) is 0.777. The third-order valence-electron chi connectivity index (χ3n) is 11.0. The normalized spacial score (nSPS) is 26.0. The number of ether oxygens (including phenoxy) is 1. The molecule has 1 aromatic rings. The Bertz CT molecular complexity index is 1550. The molecule has 1 aromatic carbocycles. The number of amides is 6. The SMILES string of the molecule is CCCC[C@@H](C)CC1NC(=O)[C@H](Cc2ccccc2)N(C)C(=O)[C@H](CC(C)C)NC(=O)C(CC(C)C)N(C)C(=O)[C@H](C(C)C)NC(=O)[C@@H](C)OC(=O)[C@H](C)N(C)C1=O. The fourth-order valence-corrected chi connectivity index (χ4v) is 7.13. The molecule has 2 unspecified atom stereocenters. The highest BCUT2D eigenvalue weighted by molar-refractivity contribution is 5.97. The number of hydrogen-bond donors (Lipinski definition) is 3. The maximum atomic E-state index is 14.6. The van der Waals surface area contributed by atoms with E-state index in [1.54, 1.807) is 13.8 Å². The molecule has 0 spiro atoms. The van der Waals surface area contributed by atoms with Gasteiger partial charge in [-0.2, -0.15) is 0 Å². The molecule has 14 heteroatoms. The zero-order valence-corrected chi connectivity index (χ0v) is 37.3. The third kappa shape index (κ3) is 14.4. The Morgan fingerprint density at radius 3 is 1.69 bits per heavy atom. The number of unbranched alkanes of at least 4 members (excludes halogenated alkanes) is 1. The van der Waals surface area contributed by atoms with Gasteiger partial charge in [-0.05, 0) is 62.3 Å². The summed E-state index contributed by atoms with van der Waals surface area (Å²) < 4.78 is 5.55. The highest BCUT2D eigenvalue weighted by Crippen LogP contribution is 2.21. The van der Waals surface area contributed by atoms with Crippen LogP contribution in [0.5, 0.6) is 0 Å². The fraction of sp³-hybridized carbons (Fsp3) is 0.705. The van der Waals surface area contributed by atoms with Crippen molar-refractivity contribution < 1.29 is 38.3 Å². The predicted molar refractivity (Wildman–Crippen MR) is 224 cm³/mol. The molecule has 3 N–H and O–H groups in total. The molecule has 326 valence electrons. The van der Waals surface area contributed by atoms with E-state index < -0.39 is 89.7 Å². The highest BCUT2D eigenvalue weighted by Gasteiger charge is 2.40. The fourth-order valence-electron chi connectivity index (χ4n) is 7.13. The van der Waals surface area contributed by atoms with Gasteiger partial charge in [0.25, 0.3) is 5.91 Å². The second-order valence-corrected chi connectivity index (χ2v) is 17.4. The Labute approximate surface area is 346 Å². The Hall–Kier alpha value is -4.49. The Balaban J connectivity index is 2.81. The quantitative estimate of drug-likeness (QED) is 0.265. The summed E-state index contributed by atoms with van der Waals surface area (Å²) in [4.78, 5) is 103. The van der Waals surface area contributed by atoms with E-state index in [2.05, 4.69) is 22.9 Å². The van der Waals surface area contributed by atoms with Gasteiger partial charge in [0.15, 0.2) is 6.10 Å². The van der Waals surface area contributed by atoms with Gasteiger partial charge in [0.2, 0.25) is 29.5 Å². The Kier molecular flexibility index (Phi) is 19.9. The Morgan fingerprint density at radius 2 is 1.16 bits per heavy atom. The van der Waals surface area contributed by atoms with Gasteiger partial charge in [0, 0.05) is 27.6 Å². The van der Waals surface area contributed by atoms with Gasteiger partial charge in [-0.3, -0.25) is 28.8 Å². The molecule has 1 heterocycles. The van der Waals surface area contributed by atoms with Crippen molar-refractivity contribution in [2.75, 3.05) is 21.1 Å². The van der Waals surface area contributed by atoms with Crippen molar-refractivity contribution in [2.45, 2.75) is 157 Å². The van der Waals surface area contributed by atoms with Crippen molar-refractivity contribution in [2.24, 2.45) is 23.7 Å². The number of benzene rings is 1. The topological polar surface area (TPSA) is 175 Å². The number of carbonyl (C=O) groups is 7. The molecular formula is C44H72N6O8. The summed E-state index contributed by atoms with van der Waals surface area (Å²) in [6.45, 7) is 18.1. The number of esters is 1. The first-order valence-electron chi connectivity index (χ1n) is 21.1. The summed E-state index contributed by atoms with van der Waals surface area (Å²) in [5.74, 6) is -4.74. The van der Waals surface area contributed by atoms with Gasteiger partial charge in [-0.15, -0.1) is 0 Å². The second-order valence-electron chi connectivity index (χ2n) is 17.4. The van der Waals surface area contributed by atoms with E-state index in [0.717, 1.165) is 24.8 Å². The predicted octanol–water partition coefficient (Wildman–Crippen LogP) is 4.09. The van der Waals surface area contributed by atoms with Gasteiger partial charge in [-0.1, -0.05) is 105 Å². The first kappa shape index (κ1) is 49.7. The molecule has 0 radical (unpaired) electrons. The van der Waals surface area contributed by atoms with E-state index in [1.807, 2.05) is 65.0 Å². The van der Waals surface area contributed by atoms with Crippen LogP contribution in [-0.4, -0.2) is 120 Å². The number of likely N-dealkylation sites (N-methyl/N-ethyl adjacent to an activating group) is 3. The van der Waals surface area contributed by atoms with Crippen molar-refractivity contribution in [1.29, 1.82) is 0 Å². The number of nitrogens with one attached hydrogen (secondary N) is 3. The average Bonchev–Trinajstić information content (AvgIpc) is 3.17. The molecule has 1 saturated heterocycles. The largest absolute Gasteiger partial charge is 0.451 e. The minimum absolute atomic E-state index is 0.0224. The molecule has 1 fully saturated rings. The molecule has 2 rings (SSSR count). The molecule has 58 heavy (non-hydrogen) atoms. The number of carbonyl (C=O) groups excluding carboxylic acids is 7. The molecule has 14 nitrogen and oxygen atoms in total. The molecule has 6 amide bonds. The van der Waals surface area contributed by atoms with E-state index in [0.29, 0.717) is 0 Å². The van der Waals surface area contributed by atoms with Gasteiger partial charge >= 0.3 is 5.97 Å². The van der Waals surface area contributed by atoms with E-state index in [-0.39, 0.29) is 43.4 Å². The lowest BCUT2D eigenvalue weighted by Crippen LogP contribution is -2.60. The number of nitrogens with zero attached hydrogens (tertiary/aromatic N) is 3. The van der Waals surface area contributed by atoms with Crippen molar-refractivity contribution >= 4 is 41.4 Å². The molecular weight excluding hydrogens is 741 g/mol. The summed E-state index contributed by atoms with van der Waals surface area (Å²) in [7, 11) is 4.46. The summed E-state index contributed by atoms with van der Waals surface area (Å²) in [6.07, 6.45) is 2.23. The van der Waals surface area contributed by atoms with Crippen LogP contribution in [0.2, 0.25) is 0 Å². The molecule has 1 aliphatic rings. The Morgan fingerprint density at radius 1 is 0.638 bits per heavy atom. The van der Waals surface area contributed by atoms with Crippen molar-refractivity contribution in [3.8, 4) is 0 Å². The first-order valence-corrected chi connectivity index (χ1v) is 21.1. The maximum Gasteiger partial charge on any atom is 0.329 e. The molecule has 0 aromatic heterocycles. The van der Waals surface area contributed by atoms with Crippen LogP contribution in [0.1, 0.15) is 113 Å². The molecule has 8 atom stereocenters. The highest BCUT2D eigenvalue weighted by atomic mass is 16.5. The van der Waals surface area contributed by atoms with Crippen LogP contribution in [0, 0.1) is 23.7 Å². The van der Waals surface area contributed by atoms with Crippen LogP contribution in [0.4, 0.5) is 0 Å². The molecule has 0 bridgehead atoms. The monoisotopic (exact) mass is 813 g/mol. The van der Waals surface area contributed by atoms with Crippen LogP contribution in [0.3, 0.4) is 0 Å². The molecule has 0 saturated carbocycles. The summed E-state index contributed by atoms with van der Waals surface area (Å²) >= 11 is 0. The van der Waals surface area contributed by atoms with Crippen LogP contribution in [-0.2, 0) is 44.7 Å². The minimum atomic E-state index is -1.33. The number of hydrogen-bond acceptors (Lipinski definition) is 8. The lowest BCUT2D eigenvalue weighted by molar-refractivity contribution is -0.162. The second kappa shape index (κ2) is 23.2. The maximum absolute atomic E-state index is 14.6. The van der Waals surface area contributed by atoms with Gasteiger partial charge in [-0.25, -0.2) is 4.79 Å². The van der Waals surface area contributed by atoms with Crippen LogP contribution < -0.4 is 16.0 Å². The van der Waals surface area contributed by atoms with Gasteiger partial charge < -0.3 is 35.4 Å². The van der Waals surface area contributed by atoms with E-state index in [9.17, 15) is 33.6 Å². The third-order valence-corrected chi connectivity index (χ3v) is 11.0. The summed E-state index contributed by atoms with van der Waals surface area (Å²) in [5, 5.41) is 8.61. The van der Waals surface area contributed by atoms with Crippen LogP contribution in [0.15, 0.2) is 30.3 Å². The zero-order valence-electron chi connectivity index (χ0n) is 37.3. The number of rotatable bonds is 12. The van der Waals surface area contributed by atoms with E-state index in [1.165, 1.54) is 49.7 Å². The van der Waals surface area contributed by atoms with Crippen LogP contribution >= 0.6 is 0 Å².